The van der Waals surface area contributed by atoms with Crippen LogP contribution in [0.15, 0.2) is 24.3 Å². The van der Waals surface area contributed by atoms with E-state index in [1.54, 1.807) is 0 Å². The molecule has 1 aromatic carbocycles. The van der Waals surface area contributed by atoms with E-state index in [2.05, 4.69) is 39.4 Å². The molecule has 3 rings (SSSR count). The number of anilines is 1. The zero-order valence-electron chi connectivity index (χ0n) is 11.3. The van der Waals surface area contributed by atoms with Crippen molar-refractivity contribution in [1.82, 2.24) is 13.9 Å². The van der Waals surface area contributed by atoms with E-state index < -0.39 is 0 Å². The van der Waals surface area contributed by atoms with Gasteiger partial charge in [-0.2, -0.15) is 4.37 Å². The highest BCUT2D eigenvalue weighted by Gasteiger charge is 2.18. The fourth-order valence-electron chi connectivity index (χ4n) is 2.39. The summed E-state index contributed by atoms with van der Waals surface area (Å²) in [4.78, 5) is 4.79. The van der Waals surface area contributed by atoms with E-state index in [1.807, 2.05) is 20.0 Å². The van der Waals surface area contributed by atoms with Crippen molar-refractivity contribution in [3.8, 4) is 11.4 Å². The highest BCUT2D eigenvalue weighted by atomic mass is 32.1. The van der Waals surface area contributed by atoms with Gasteiger partial charge in [0.05, 0.1) is 22.3 Å². The molecule has 0 saturated carbocycles. The summed E-state index contributed by atoms with van der Waals surface area (Å²) in [6.07, 6.45) is 0. The second-order valence-corrected chi connectivity index (χ2v) is 5.16. The monoisotopic (exact) mass is 272 g/mol. The van der Waals surface area contributed by atoms with Gasteiger partial charge in [-0.3, -0.25) is 0 Å². The molecule has 98 valence electrons. The largest absolute Gasteiger partial charge is 0.378 e. The van der Waals surface area contributed by atoms with Crippen molar-refractivity contribution in [3.05, 3.63) is 30.0 Å². The van der Waals surface area contributed by atoms with Crippen molar-refractivity contribution in [3.63, 3.8) is 0 Å². The van der Waals surface area contributed by atoms with Crippen molar-refractivity contribution in [2.45, 2.75) is 20.4 Å². The van der Waals surface area contributed by atoms with Gasteiger partial charge >= 0.3 is 0 Å². The third kappa shape index (κ3) is 1.81. The summed E-state index contributed by atoms with van der Waals surface area (Å²) in [5.41, 5.74) is 4.35. The molecule has 4 nitrogen and oxygen atoms in total. The normalized spacial score (nSPS) is 11.1. The molecule has 5 heteroatoms. The molecule has 0 unspecified atom stereocenters. The minimum Gasteiger partial charge on any atom is -0.378 e. The lowest BCUT2D eigenvalue weighted by Gasteiger charge is -2.07. The Morgan fingerprint density at radius 3 is 2.84 bits per heavy atom. The maximum Gasteiger partial charge on any atom is 0.146 e. The van der Waals surface area contributed by atoms with E-state index in [1.165, 1.54) is 17.0 Å². The second kappa shape index (κ2) is 4.66. The van der Waals surface area contributed by atoms with Crippen LogP contribution < -0.4 is 5.32 Å². The number of benzene rings is 1. The van der Waals surface area contributed by atoms with Crippen LogP contribution >= 0.6 is 11.5 Å². The molecule has 0 bridgehead atoms. The molecule has 0 saturated heterocycles. The quantitative estimate of drug-likeness (QED) is 0.793. The molecular weight excluding hydrogens is 256 g/mol. The van der Waals surface area contributed by atoms with Crippen LogP contribution in [0.4, 0.5) is 5.00 Å². The molecule has 19 heavy (non-hydrogen) atoms. The molecule has 2 heterocycles. The van der Waals surface area contributed by atoms with Crippen molar-refractivity contribution >= 4 is 27.6 Å². The molecule has 0 aliphatic heterocycles. The second-order valence-electron chi connectivity index (χ2n) is 4.39. The first-order valence-electron chi connectivity index (χ1n) is 6.36. The Morgan fingerprint density at radius 1 is 1.32 bits per heavy atom. The molecule has 0 radical (unpaired) electrons. The number of nitrogens with zero attached hydrogens (tertiary/aromatic N) is 3. The number of para-hydroxylation sites is 2. The van der Waals surface area contributed by atoms with Crippen LogP contribution in [0.3, 0.4) is 0 Å². The predicted molar refractivity (Wildman–Crippen MR) is 80.8 cm³/mol. The number of aromatic nitrogens is 3. The molecule has 2 aromatic heterocycles. The van der Waals surface area contributed by atoms with Crippen LogP contribution in [0.25, 0.3) is 22.4 Å². The molecule has 0 aliphatic rings. The smallest absolute Gasteiger partial charge is 0.146 e. The van der Waals surface area contributed by atoms with Crippen LogP contribution in [0.5, 0.6) is 0 Å². The summed E-state index contributed by atoms with van der Waals surface area (Å²) in [6.45, 7) is 5.08. The summed E-state index contributed by atoms with van der Waals surface area (Å²) < 4.78 is 6.68. The molecule has 1 N–H and O–H groups in total. The van der Waals surface area contributed by atoms with Crippen molar-refractivity contribution < 1.29 is 0 Å². The number of aryl methyl sites for hydroxylation is 2. The number of fused-ring (bicyclic) bond motifs is 1. The van der Waals surface area contributed by atoms with Gasteiger partial charge in [0.15, 0.2) is 0 Å². The summed E-state index contributed by atoms with van der Waals surface area (Å²) in [5, 5.41) is 4.28. The predicted octanol–water partition coefficient (Wildman–Crippen LogP) is 3.53. The molecule has 0 atom stereocenters. The third-order valence-corrected chi connectivity index (χ3v) is 4.24. The minimum atomic E-state index is 0.897. The third-order valence-electron chi connectivity index (χ3n) is 3.28. The standard InChI is InChI=1S/C14H16N4S/c1-4-18-11-8-6-5-7-10(11)16-13(18)12-9(2)17-19-14(12)15-3/h5-8,15H,4H2,1-3H3. The van der Waals surface area contributed by atoms with E-state index in [9.17, 15) is 0 Å². The van der Waals surface area contributed by atoms with E-state index in [4.69, 9.17) is 4.98 Å². The van der Waals surface area contributed by atoms with E-state index in [-0.39, 0.29) is 0 Å². The maximum atomic E-state index is 4.79. The van der Waals surface area contributed by atoms with Gasteiger partial charge in [-0.1, -0.05) is 12.1 Å². The molecule has 0 spiro atoms. The lowest BCUT2D eigenvalue weighted by atomic mass is 10.2. The number of hydrogen-bond donors (Lipinski definition) is 1. The van der Waals surface area contributed by atoms with Crippen LogP contribution in [0, 0.1) is 6.92 Å². The summed E-state index contributed by atoms with van der Waals surface area (Å²) in [6, 6.07) is 8.25. The zero-order chi connectivity index (χ0) is 13.4. The van der Waals surface area contributed by atoms with Crippen LogP contribution in [0.1, 0.15) is 12.6 Å². The van der Waals surface area contributed by atoms with Gasteiger partial charge in [0.2, 0.25) is 0 Å². The maximum absolute atomic E-state index is 4.79. The molecule has 0 aliphatic carbocycles. The summed E-state index contributed by atoms with van der Waals surface area (Å²) in [5.74, 6) is 0.999. The molecule has 0 fully saturated rings. The molecule has 0 amide bonds. The highest BCUT2D eigenvalue weighted by molar-refractivity contribution is 7.10. The Morgan fingerprint density at radius 2 is 2.11 bits per heavy atom. The minimum absolute atomic E-state index is 0.897. The first-order valence-corrected chi connectivity index (χ1v) is 7.13. The Labute approximate surface area is 116 Å². The summed E-state index contributed by atoms with van der Waals surface area (Å²) >= 11 is 1.49. The van der Waals surface area contributed by atoms with Crippen LogP contribution in [-0.2, 0) is 6.54 Å². The van der Waals surface area contributed by atoms with Gasteiger partial charge in [0, 0.05) is 13.6 Å². The van der Waals surface area contributed by atoms with Crippen molar-refractivity contribution in [2.75, 3.05) is 12.4 Å². The number of nitrogens with one attached hydrogen (secondary N) is 1. The first-order chi connectivity index (χ1) is 9.26. The van der Waals surface area contributed by atoms with Gasteiger partial charge in [0.25, 0.3) is 0 Å². The van der Waals surface area contributed by atoms with Gasteiger partial charge < -0.3 is 9.88 Å². The van der Waals surface area contributed by atoms with Crippen LogP contribution in [-0.4, -0.2) is 21.0 Å². The van der Waals surface area contributed by atoms with Crippen LogP contribution in [0.2, 0.25) is 0 Å². The molecular formula is C14H16N4S. The van der Waals surface area contributed by atoms with E-state index in [0.717, 1.165) is 34.1 Å². The number of hydrogen-bond acceptors (Lipinski definition) is 4. The fraction of sp³-hybridized carbons (Fsp3) is 0.286. The van der Waals surface area contributed by atoms with E-state index in [0.29, 0.717) is 0 Å². The average Bonchev–Trinajstić information content (AvgIpc) is 2.97. The Kier molecular flexibility index (Phi) is 2.98. The van der Waals surface area contributed by atoms with Gasteiger partial charge in [-0.05, 0) is 37.5 Å². The van der Waals surface area contributed by atoms with Gasteiger partial charge in [-0.25, -0.2) is 4.98 Å². The molecule has 3 aromatic rings. The van der Waals surface area contributed by atoms with Gasteiger partial charge in [0.1, 0.15) is 10.8 Å². The number of imidazole rings is 1. The highest BCUT2D eigenvalue weighted by Crippen LogP contribution is 2.35. The number of rotatable bonds is 3. The van der Waals surface area contributed by atoms with Gasteiger partial charge in [-0.15, -0.1) is 0 Å². The summed E-state index contributed by atoms with van der Waals surface area (Å²) in [7, 11) is 1.93. The first kappa shape index (κ1) is 12.2. The Bertz CT molecular complexity index is 726. The van der Waals surface area contributed by atoms with Crippen molar-refractivity contribution in [1.29, 1.82) is 0 Å². The Hall–Kier alpha value is -1.88. The lowest BCUT2D eigenvalue weighted by molar-refractivity contribution is 0.796. The van der Waals surface area contributed by atoms with Crippen molar-refractivity contribution in [2.24, 2.45) is 0 Å². The SMILES string of the molecule is CCn1c(-c2c(C)nsc2NC)nc2ccccc21. The zero-order valence-corrected chi connectivity index (χ0v) is 12.1. The fourth-order valence-corrected chi connectivity index (χ4v) is 3.13. The average molecular weight is 272 g/mol. The lowest BCUT2D eigenvalue weighted by Crippen LogP contribution is -1.99. The Balaban J connectivity index is 2.33. The van der Waals surface area contributed by atoms with E-state index >= 15 is 0 Å². The topological polar surface area (TPSA) is 42.7 Å².